The summed E-state index contributed by atoms with van der Waals surface area (Å²) in [5.41, 5.74) is 0.646. The van der Waals surface area contributed by atoms with Crippen molar-refractivity contribution in [1.82, 2.24) is 4.90 Å². The topological polar surface area (TPSA) is 67.6 Å². The lowest BCUT2D eigenvalue weighted by Gasteiger charge is -2.31. The molecule has 0 unspecified atom stereocenters. The lowest BCUT2D eigenvalue weighted by atomic mass is 10.0. The summed E-state index contributed by atoms with van der Waals surface area (Å²) in [6.45, 7) is 5.30. The highest BCUT2D eigenvalue weighted by Gasteiger charge is 2.21. The Bertz CT molecular complexity index is 471. The van der Waals surface area contributed by atoms with Gasteiger partial charge in [-0.2, -0.15) is 0 Å². The third kappa shape index (κ3) is 3.39. The molecule has 1 saturated heterocycles. The predicted octanol–water partition coefficient (Wildman–Crippen LogP) is 2.50. The van der Waals surface area contributed by atoms with Crippen LogP contribution in [0.3, 0.4) is 0 Å². The maximum atomic E-state index is 11.1. The summed E-state index contributed by atoms with van der Waals surface area (Å²) in [5.74, 6) is 0.503. The summed E-state index contributed by atoms with van der Waals surface area (Å²) in [6.07, 6.45) is 2.02. The SMILES string of the molecule is CCN1CCC(Nc2ccc(OC)cc2[N+](=O)[O-])CC1. The van der Waals surface area contributed by atoms with Crippen LogP contribution in [0.5, 0.6) is 5.75 Å². The number of hydrogen-bond donors (Lipinski definition) is 1. The molecule has 1 heterocycles. The zero-order valence-corrected chi connectivity index (χ0v) is 12.0. The van der Waals surface area contributed by atoms with Gasteiger partial charge in [-0.3, -0.25) is 10.1 Å². The van der Waals surface area contributed by atoms with Crippen molar-refractivity contribution in [1.29, 1.82) is 0 Å². The zero-order chi connectivity index (χ0) is 14.5. The minimum Gasteiger partial charge on any atom is -0.496 e. The maximum Gasteiger partial charge on any atom is 0.296 e. The van der Waals surface area contributed by atoms with E-state index in [-0.39, 0.29) is 10.6 Å². The van der Waals surface area contributed by atoms with E-state index in [1.165, 1.54) is 13.2 Å². The standard InChI is InChI=1S/C14H21N3O3/c1-3-16-8-6-11(7-9-16)15-13-5-4-12(20-2)10-14(13)17(18)19/h4-5,10-11,15H,3,6-9H2,1-2H3. The van der Waals surface area contributed by atoms with Gasteiger partial charge in [0, 0.05) is 19.1 Å². The number of nitro groups is 1. The number of rotatable bonds is 5. The molecule has 0 aliphatic carbocycles. The number of methoxy groups -OCH3 is 1. The number of likely N-dealkylation sites (tertiary alicyclic amines) is 1. The second kappa shape index (κ2) is 6.56. The van der Waals surface area contributed by atoms with Crippen molar-refractivity contribution < 1.29 is 9.66 Å². The van der Waals surface area contributed by atoms with Gasteiger partial charge in [0.25, 0.3) is 5.69 Å². The summed E-state index contributed by atoms with van der Waals surface area (Å²) in [6, 6.07) is 5.23. The van der Waals surface area contributed by atoms with Gasteiger partial charge in [0.2, 0.25) is 0 Å². The van der Waals surface area contributed by atoms with Crippen molar-refractivity contribution in [2.45, 2.75) is 25.8 Å². The highest BCUT2D eigenvalue weighted by molar-refractivity contribution is 5.64. The van der Waals surface area contributed by atoms with Crippen LogP contribution in [0.25, 0.3) is 0 Å². The van der Waals surface area contributed by atoms with Crippen molar-refractivity contribution in [3.63, 3.8) is 0 Å². The van der Waals surface area contributed by atoms with Crippen LogP contribution in [0.1, 0.15) is 19.8 Å². The van der Waals surface area contributed by atoms with Gasteiger partial charge in [0.15, 0.2) is 0 Å². The molecule has 1 fully saturated rings. The predicted molar refractivity (Wildman–Crippen MR) is 78.4 cm³/mol. The van der Waals surface area contributed by atoms with Gasteiger partial charge >= 0.3 is 0 Å². The lowest BCUT2D eigenvalue weighted by molar-refractivity contribution is -0.384. The highest BCUT2D eigenvalue weighted by Crippen LogP contribution is 2.30. The first-order valence-corrected chi connectivity index (χ1v) is 6.95. The largest absolute Gasteiger partial charge is 0.496 e. The number of nitrogens with one attached hydrogen (secondary N) is 1. The normalized spacial score (nSPS) is 16.9. The summed E-state index contributed by atoms with van der Waals surface area (Å²) in [4.78, 5) is 13.2. The highest BCUT2D eigenvalue weighted by atomic mass is 16.6. The number of ether oxygens (including phenoxy) is 1. The maximum absolute atomic E-state index is 11.1. The van der Waals surface area contributed by atoms with Gasteiger partial charge in [0.1, 0.15) is 11.4 Å². The van der Waals surface area contributed by atoms with E-state index in [0.717, 1.165) is 32.5 Å². The van der Waals surface area contributed by atoms with E-state index in [0.29, 0.717) is 17.5 Å². The number of piperidine rings is 1. The Morgan fingerprint density at radius 3 is 2.70 bits per heavy atom. The number of nitrogens with zero attached hydrogens (tertiary/aromatic N) is 2. The molecular weight excluding hydrogens is 258 g/mol. The van der Waals surface area contributed by atoms with Gasteiger partial charge in [-0.15, -0.1) is 0 Å². The third-order valence-corrected chi connectivity index (χ3v) is 3.80. The molecule has 20 heavy (non-hydrogen) atoms. The molecule has 1 aromatic rings. The van der Waals surface area contributed by atoms with E-state index in [1.807, 2.05) is 0 Å². The summed E-state index contributed by atoms with van der Waals surface area (Å²) < 4.78 is 5.04. The smallest absolute Gasteiger partial charge is 0.296 e. The zero-order valence-electron chi connectivity index (χ0n) is 12.0. The number of anilines is 1. The van der Waals surface area contributed by atoms with Crippen molar-refractivity contribution >= 4 is 11.4 Å². The molecule has 1 aromatic carbocycles. The molecule has 110 valence electrons. The minimum absolute atomic E-state index is 0.0715. The van der Waals surface area contributed by atoms with Crippen LogP contribution in [0.2, 0.25) is 0 Å². The molecular formula is C14H21N3O3. The molecule has 0 saturated carbocycles. The molecule has 1 aliphatic heterocycles. The van der Waals surface area contributed by atoms with Crippen molar-refractivity contribution in [2.75, 3.05) is 32.1 Å². The molecule has 0 bridgehead atoms. The fourth-order valence-electron chi connectivity index (χ4n) is 2.52. The Kier molecular flexibility index (Phi) is 4.79. The van der Waals surface area contributed by atoms with E-state index in [9.17, 15) is 10.1 Å². The van der Waals surface area contributed by atoms with Crippen LogP contribution in [0.15, 0.2) is 18.2 Å². The average molecular weight is 279 g/mol. The first kappa shape index (κ1) is 14.6. The Morgan fingerprint density at radius 2 is 2.15 bits per heavy atom. The Hall–Kier alpha value is -1.82. The van der Waals surface area contributed by atoms with E-state index in [2.05, 4.69) is 17.1 Å². The molecule has 0 spiro atoms. The molecule has 0 radical (unpaired) electrons. The summed E-state index contributed by atoms with van der Waals surface area (Å²) in [7, 11) is 1.51. The Balaban J connectivity index is 2.07. The summed E-state index contributed by atoms with van der Waals surface area (Å²) in [5, 5.41) is 14.4. The molecule has 1 aliphatic rings. The van der Waals surface area contributed by atoms with Gasteiger partial charge in [-0.1, -0.05) is 6.92 Å². The van der Waals surface area contributed by atoms with Crippen molar-refractivity contribution in [3.8, 4) is 5.75 Å². The molecule has 0 aromatic heterocycles. The average Bonchev–Trinajstić information content (AvgIpc) is 2.48. The first-order valence-electron chi connectivity index (χ1n) is 6.95. The second-order valence-corrected chi connectivity index (χ2v) is 4.99. The van der Waals surface area contributed by atoms with Crippen LogP contribution in [-0.2, 0) is 0 Å². The Morgan fingerprint density at radius 1 is 1.45 bits per heavy atom. The molecule has 6 heteroatoms. The van der Waals surface area contributed by atoms with Gasteiger partial charge < -0.3 is 15.0 Å². The number of nitro benzene ring substituents is 1. The molecule has 6 nitrogen and oxygen atoms in total. The van der Waals surface area contributed by atoms with E-state index >= 15 is 0 Å². The quantitative estimate of drug-likeness (QED) is 0.662. The van der Waals surface area contributed by atoms with Crippen LogP contribution >= 0.6 is 0 Å². The molecule has 0 atom stereocenters. The van der Waals surface area contributed by atoms with Gasteiger partial charge in [-0.05, 0) is 31.5 Å². The second-order valence-electron chi connectivity index (χ2n) is 4.99. The summed E-state index contributed by atoms with van der Waals surface area (Å²) >= 11 is 0. The van der Waals surface area contributed by atoms with Gasteiger partial charge in [-0.25, -0.2) is 0 Å². The first-order chi connectivity index (χ1) is 9.63. The minimum atomic E-state index is -0.369. The molecule has 2 rings (SSSR count). The van der Waals surface area contributed by atoms with E-state index in [1.54, 1.807) is 12.1 Å². The number of benzene rings is 1. The fraction of sp³-hybridized carbons (Fsp3) is 0.571. The van der Waals surface area contributed by atoms with Crippen molar-refractivity contribution in [3.05, 3.63) is 28.3 Å². The molecule has 1 N–H and O–H groups in total. The number of hydrogen-bond acceptors (Lipinski definition) is 5. The van der Waals surface area contributed by atoms with Crippen molar-refractivity contribution in [2.24, 2.45) is 0 Å². The molecule has 0 amide bonds. The fourth-order valence-corrected chi connectivity index (χ4v) is 2.52. The van der Waals surface area contributed by atoms with Crippen LogP contribution in [0, 0.1) is 10.1 Å². The van der Waals surface area contributed by atoms with Crippen LogP contribution in [0.4, 0.5) is 11.4 Å². The van der Waals surface area contributed by atoms with E-state index < -0.39 is 0 Å². The van der Waals surface area contributed by atoms with Crippen LogP contribution < -0.4 is 10.1 Å². The monoisotopic (exact) mass is 279 g/mol. The van der Waals surface area contributed by atoms with Crippen LogP contribution in [-0.4, -0.2) is 42.6 Å². The Labute approximate surface area is 118 Å². The van der Waals surface area contributed by atoms with Gasteiger partial charge in [0.05, 0.1) is 18.1 Å². The van der Waals surface area contributed by atoms with E-state index in [4.69, 9.17) is 4.74 Å². The third-order valence-electron chi connectivity index (χ3n) is 3.80. The lowest BCUT2D eigenvalue weighted by Crippen LogP contribution is -2.38.